The molecule has 3 nitrogen and oxygen atoms in total. The van der Waals surface area contributed by atoms with Crippen molar-refractivity contribution in [3.63, 3.8) is 0 Å². The van der Waals surface area contributed by atoms with Gasteiger partial charge in [-0.3, -0.25) is 0 Å². The third-order valence-corrected chi connectivity index (χ3v) is 4.17. The Morgan fingerprint density at radius 1 is 1.16 bits per heavy atom. The van der Waals surface area contributed by atoms with Crippen molar-refractivity contribution in [1.29, 1.82) is 0 Å². The SMILES string of the molecule is CC(C)[NH+]1CC=C(NNc2ccc(Cl)c(Cl)c2)CC1. The maximum atomic E-state index is 5.97. The average molecular weight is 301 g/mol. The first kappa shape index (κ1) is 14.5. The summed E-state index contributed by atoms with van der Waals surface area (Å²) < 4.78 is 0. The normalized spacial score (nSPS) is 19.2. The molecule has 0 amide bonds. The summed E-state index contributed by atoms with van der Waals surface area (Å²) in [6, 6.07) is 6.18. The molecule has 0 aromatic heterocycles. The van der Waals surface area contributed by atoms with Gasteiger partial charge >= 0.3 is 0 Å². The number of halogens is 2. The first-order valence-corrected chi connectivity index (χ1v) is 7.32. The van der Waals surface area contributed by atoms with Gasteiger partial charge in [0.2, 0.25) is 0 Å². The van der Waals surface area contributed by atoms with Crippen LogP contribution in [0.4, 0.5) is 5.69 Å². The van der Waals surface area contributed by atoms with E-state index in [9.17, 15) is 0 Å². The second-order valence-electron chi connectivity index (χ2n) is 5.13. The number of anilines is 1. The Labute approximate surface area is 124 Å². The molecule has 1 heterocycles. The van der Waals surface area contributed by atoms with E-state index in [0.29, 0.717) is 16.1 Å². The molecule has 3 N–H and O–H groups in total. The number of benzene rings is 1. The zero-order valence-corrected chi connectivity index (χ0v) is 12.8. The van der Waals surface area contributed by atoms with Crippen LogP contribution in [-0.4, -0.2) is 19.1 Å². The van der Waals surface area contributed by atoms with Crippen LogP contribution in [0.1, 0.15) is 20.3 Å². The van der Waals surface area contributed by atoms with E-state index in [1.54, 1.807) is 11.0 Å². The monoisotopic (exact) mass is 300 g/mol. The molecule has 1 atom stereocenters. The van der Waals surface area contributed by atoms with E-state index in [1.807, 2.05) is 12.1 Å². The molecule has 0 spiro atoms. The van der Waals surface area contributed by atoms with Gasteiger partial charge in [-0.25, -0.2) is 0 Å². The summed E-state index contributed by atoms with van der Waals surface area (Å²) in [6.07, 6.45) is 3.31. The molecule has 2 rings (SSSR count). The fraction of sp³-hybridized carbons (Fsp3) is 0.429. The molecule has 19 heavy (non-hydrogen) atoms. The minimum absolute atomic E-state index is 0.557. The quantitative estimate of drug-likeness (QED) is 0.746. The van der Waals surface area contributed by atoms with E-state index >= 15 is 0 Å². The Morgan fingerprint density at radius 3 is 2.53 bits per heavy atom. The van der Waals surface area contributed by atoms with Crippen LogP contribution in [0.2, 0.25) is 10.0 Å². The molecule has 0 bridgehead atoms. The summed E-state index contributed by atoms with van der Waals surface area (Å²) in [6.45, 7) is 6.76. The minimum Gasteiger partial charge on any atom is -0.329 e. The molecule has 104 valence electrons. The van der Waals surface area contributed by atoms with E-state index in [1.165, 1.54) is 12.2 Å². The van der Waals surface area contributed by atoms with Crippen LogP contribution in [0, 0.1) is 0 Å². The van der Waals surface area contributed by atoms with Gasteiger partial charge in [0.15, 0.2) is 0 Å². The Hall–Kier alpha value is -0.900. The summed E-state index contributed by atoms with van der Waals surface area (Å²) >= 11 is 11.9. The first-order chi connectivity index (χ1) is 9.06. The summed E-state index contributed by atoms with van der Waals surface area (Å²) in [5.41, 5.74) is 8.54. The molecule has 1 aliphatic heterocycles. The lowest BCUT2D eigenvalue weighted by Crippen LogP contribution is -3.15. The standard InChI is InChI=1S/C14H19Cl2N3/c1-10(2)19-7-5-11(6-8-19)17-18-12-3-4-13(15)14(16)9-12/h3-5,9-10,17-18H,6-8H2,1-2H3/p+1. The number of rotatable bonds is 4. The van der Waals surface area contributed by atoms with Gasteiger partial charge < -0.3 is 15.8 Å². The molecule has 0 aliphatic carbocycles. The molecule has 1 unspecified atom stereocenters. The van der Waals surface area contributed by atoms with Crippen molar-refractivity contribution >= 4 is 28.9 Å². The minimum atomic E-state index is 0.557. The lowest BCUT2D eigenvalue weighted by atomic mass is 10.1. The average Bonchev–Trinajstić information content (AvgIpc) is 2.40. The third-order valence-electron chi connectivity index (χ3n) is 3.43. The van der Waals surface area contributed by atoms with Crippen LogP contribution in [0.5, 0.6) is 0 Å². The lowest BCUT2D eigenvalue weighted by Gasteiger charge is -2.27. The molecule has 0 saturated carbocycles. The molecule has 1 aromatic rings. The van der Waals surface area contributed by atoms with Gasteiger partial charge in [-0.2, -0.15) is 0 Å². The molecule has 5 heteroatoms. The van der Waals surface area contributed by atoms with E-state index in [0.717, 1.165) is 18.7 Å². The van der Waals surface area contributed by atoms with E-state index in [-0.39, 0.29) is 0 Å². The summed E-state index contributed by atoms with van der Waals surface area (Å²) in [4.78, 5) is 1.63. The van der Waals surface area contributed by atoms with Crippen LogP contribution >= 0.6 is 23.2 Å². The topological polar surface area (TPSA) is 28.5 Å². The highest BCUT2D eigenvalue weighted by Crippen LogP contribution is 2.24. The fourth-order valence-corrected chi connectivity index (χ4v) is 2.42. The van der Waals surface area contributed by atoms with Crippen molar-refractivity contribution in [2.24, 2.45) is 0 Å². The van der Waals surface area contributed by atoms with Crippen molar-refractivity contribution < 1.29 is 4.90 Å². The van der Waals surface area contributed by atoms with Crippen molar-refractivity contribution in [1.82, 2.24) is 5.43 Å². The molecular formula is C14H20Cl2N3+. The third kappa shape index (κ3) is 4.03. The van der Waals surface area contributed by atoms with Crippen molar-refractivity contribution in [3.05, 3.63) is 40.0 Å². The molecule has 0 fully saturated rings. The van der Waals surface area contributed by atoms with Crippen LogP contribution in [-0.2, 0) is 0 Å². The van der Waals surface area contributed by atoms with Crippen molar-refractivity contribution in [2.75, 3.05) is 18.5 Å². The van der Waals surface area contributed by atoms with E-state index in [4.69, 9.17) is 23.2 Å². The summed E-state index contributed by atoms with van der Waals surface area (Å²) in [7, 11) is 0. The number of nitrogens with one attached hydrogen (secondary N) is 3. The van der Waals surface area contributed by atoms with Crippen molar-refractivity contribution in [3.8, 4) is 0 Å². The second kappa shape index (κ2) is 6.51. The predicted octanol–water partition coefficient (Wildman–Crippen LogP) is 2.49. The van der Waals surface area contributed by atoms with Crippen LogP contribution in [0.25, 0.3) is 0 Å². The van der Waals surface area contributed by atoms with Gasteiger partial charge in [0.25, 0.3) is 0 Å². The Bertz CT molecular complexity index is 472. The van der Waals surface area contributed by atoms with Crippen LogP contribution in [0.15, 0.2) is 30.0 Å². The van der Waals surface area contributed by atoms with Gasteiger partial charge in [0, 0.05) is 12.1 Å². The summed E-state index contributed by atoms with van der Waals surface area (Å²) in [5.74, 6) is 0. The maximum Gasteiger partial charge on any atom is 0.0980 e. The Balaban J connectivity index is 1.87. The molecule has 0 saturated heterocycles. The predicted molar refractivity (Wildman–Crippen MR) is 81.8 cm³/mol. The fourth-order valence-electron chi connectivity index (χ4n) is 2.12. The number of hydrazine groups is 1. The second-order valence-corrected chi connectivity index (χ2v) is 5.94. The highest BCUT2D eigenvalue weighted by Gasteiger charge is 2.17. The number of hydrogen-bond donors (Lipinski definition) is 3. The van der Waals surface area contributed by atoms with Gasteiger partial charge in [-0.15, -0.1) is 0 Å². The number of hydrogen-bond acceptors (Lipinski definition) is 2. The van der Waals surface area contributed by atoms with E-state index in [2.05, 4.69) is 30.8 Å². The van der Waals surface area contributed by atoms with Gasteiger partial charge in [0.1, 0.15) is 0 Å². The Morgan fingerprint density at radius 2 is 1.95 bits per heavy atom. The largest absolute Gasteiger partial charge is 0.329 e. The molecule has 0 radical (unpaired) electrons. The van der Waals surface area contributed by atoms with Crippen LogP contribution in [0.3, 0.4) is 0 Å². The smallest absolute Gasteiger partial charge is 0.0980 e. The van der Waals surface area contributed by atoms with Gasteiger partial charge in [-0.1, -0.05) is 23.2 Å². The first-order valence-electron chi connectivity index (χ1n) is 6.57. The summed E-state index contributed by atoms with van der Waals surface area (Å²) in [5, 5.41) is 1.13. The van der Waals surface area contributed by atoms with E-state index < -0.39 is 0 Å². The lowest BCUT2D eigenvalue weighted by molar-refractivity contribution is -0.917. The van der Waals surface area contributed by atoms with Crippen molar-refractivity contribution in [2.45, 2.75) is 26.3 Å². The highest BCUT2D eigenvalue weighted by atomic mass is 35.5. The maximum absolute atomic E-state index is 5.97. The van der Waals surface area contributed by atoms with Gasteiger partial charge in [-0.05, 0) is 38.1 Å². The molecule has 1 aliphatic rings. The molecule has 1 aromatic carbocycles. The zero-order chi connectivity index (χ0) is 13.8. The van der Waals surface area contributed by atoms with Crippen LogP contribution < -0.4 is 15.8 Å². The Kier molecular flexibility index (Phi) is 4.97. The molecular weight excluding hydrogens is 281 g/mol. The number of quaternary nitrogens is 1. The van der Waals surface area contributed by atoms with Gasteiger partial charge in [0.05, 0.1) is 34.9 Å². The zero-order valence-electron chi connectivity index (χ0n) is 11.3. The highest BCUT2D eigenvalue weighted by molar-refractivity contribution is 6.42.